The van der Waals surface area contributed by atoms with E-state index >= 15 is 0 Å². The number of nitrogens with zero attached hydrogens (tertiary/aromatic N) is 4. The SMILES string of the molecule is CCc1ccc(-c2cn(Cc3cccc(OC(F)F)c3)nn2)nc1. The molecule has 0 saturated carbocycles. The van der Waals surface area contributed by atoms with Crippen molar-refractivity contribution in [2.24, 2.45) is 0 Å². The molecule has 2 heterocycles. The van der Waals surface area contributed by atoms with Gasteiger partial charge in [0.15, 0.2) is 0 Å². The summed E-state index contributed by atoms with van der Waals surface area (Å²) in [5.74, 6) is 0.125. The van der Waals surface area contributed by atoms with Crippen molar-refractivity contribution in [3.63, 3.8) is 0 Å². The molecule has 0 fully saturated rings. The van der Waals surface area contributed by atoms with Crippen LogP contribution >= 0.6 is 0 Å². The molecule has 0 N–H and O–H groups in total. The number of pyridine rings is 1. The van der Waals surface area contributed by atoms with E-state index in [1.807, 2.05) is 24.4 Å². The summed E-state index contributed by atoms with van der Waals surface area (Å²) >= 11 is 0. The minimum atomic E-state index is -2.84. The van der Waals surface area contributed by atoms with Crippen LogP contribution in [0.15, 0.2) is 48.8 Å². The number of alkyl halides is 2. The molecule has 3 aromatic rings. The fraction of sp³-hybridized carbons (Fsp3) is 0.235. The van der Waals surface area contributed by atoms with Crippen molar-refractivity contribution in [2.75, 3.05) is 0 Å². The molecule has 0 amide bonds. The molecular weight excluding hydrogens is 314 g/mol. The summed E-state index contributed by atoms with van der Waals surface area (Å²) in [4.78, 5) is 4.37. The summed E-state index contributed by atoms with van der Waals surface area (Å²) in [7, 11) is 0. The van der Waals surface area contributed by atoms with Gasteiger partial charge in [-0.05, 0) is 35.7 Å². The van der Waals surface area contributed by atoms with Gasteiger partial charge in [0.2, 0.25) is 0 Å². The Kier molecular flexibility index (Phi) is 4.79. The Morgan fingerprint density at radius 3 is 2.71 bits per heavy atom. The summed E-state index contributed by atoms with van der Waals surface area (Å²) < 4.78 is 30.6. The van der Waals surface area contributed by atoms with Crippen molar-refractivity contribution in [3.05, 3.63) is 59.9 Å². The lowest BCUT2D eigenvalue weighted by Crippen LogP contribution is -2.04. The monoisotopic (exact) mass is 330 g/mol. The number of halogens is 2. The minimum absolute atomic E-state index is 0.125. The van der Waals surface area contributed by atoms with E-state index in [-0.39, 0.29) is 5.75 Å². The van der Waals surface area contributed by atoms with E-state index in [1.54, 1.807) is 23.0 Å². The molecule has 0 radical (unpaired) electrons. The van der Waals surface area contributed by atoms with Gasteiger partial charge < -0.3 is 4.74 Å². The zero-order chi connectivity index (χ0) is 16.9. The Labute approximate surface area is 137 Å². The second kappa shape index (κ2) is 7.16. The second-order valence-corrected chi connectivity index (χ2v) is 5.23. The molecule has 0 aliphatic rings. The first-order valence-electron chi connectivity index (χ1n) is 7.53. The van der Waals surface area contributed by atoms with Crippen molar-refractivity contribution in [1.82, 2.24) is 20.0 Å². The van der Waals surface area contributed by atoms with Gasteiger partial charge in [0.05, 0.1) is 18.4 Å². The van der Waals surface area contributed by atoms with Gasteiger partial charge in [-0.15, -0.1) is 5.10 Å². The second-order valence-electron chi connectivity index (χ2n) is 5.23. The van der Waals surface area contributed by atoms with Gasteiger partial charge in [-0.1, -0.05) is 30.3 Å². The van der Waals surface area contributed by atoms with Crippen LogP contribution in [0.25, 0.3) is 11.4 Å². The average Bonchev–Trinajstić information content (AvgIpc) is 3.03. The Morgan fingerprint density at radius 1 is 1.12 bits per heavy atom. The van der Waals surface area contributed by atoms with E-state index < -0.39 is 6.61 Å². The summed E-state index contributed by atoms with van der Waals surface area (Å²) in [6, 6.07) is 10.4. The van der Waals surface area contributed by atoms with Crippen molar-refractivity contribution in [2.45, 2.75) is 26.5 Å². The Morgan fingerprint density at radius 2 is 2.00 bits per heavy atom. The zero-order valence-corrected chi connectivity index (χ0v) is 13.1. The maximum Gasteiger partial charge on any atom is 0.387 e. The van der Waals surface area contributed by atoms with Gasteiger partial charge in [-0.25, -0.2) is 4.68 Å². The third kappa shape index (κ3) is 3.92. The standard InChI is InChI=1S/C17H16F2N4O/c1-2-12-6-7-15(20-9-12)16-11-23(22-21-16)10-13-4-3-5-14(8-13)24-17(18)19/h3-9,11,17H,2,10H2,1H3. The predicted octanol–water partition coefficient (Wildman–Crippen LogP) is 3.55. The van der Waals surface area contributed by atoms with Gasteiger partial charge in [0, 0.05) is 6.20 Å². The van der Waals surface area contributed by atoms with E-state index in [0.717, 1.165) is 23.2 Å². The molecule has 0 aliphatic carbocycles. The number of benzene rings is 1. The highest BCUT2D eigenvalue weighted by atomic mass is 19.3. The largest absolute Gasteiger partial charge is 0.435 e. The molecule has 0 saturated heterocycles. The Balaban J connectivity index is 1.73. The highest BCUT2D eigenvalue weighted by Gasteiger charge is 2.08. The van der Waals surface area contributed by atoms with E-state index in [1.165, 1.54) is 6.07 Å². The Bertz CT molecular complexity index is 802. The van der Waals surface area contributed by atoms with Crippen molar-refractivity contribution in [1.29, 1.82) is 0 Å². The lowest BCUT2D eigenvalue weighted by molar-refractivity contribution is -0.0498. The smallest absolute Gasteiger partial charge is 0.387 e. The van der Waals surface area contributed by atoms with E-state index in [9.17, 15) is 8.78 Å². The van der Waals surface area contributed by atoms with Crippen LogP contribution in [-0.4, -0.2) is 26.6 Å². The van der Waals surface area contributed by atoms with E-state index in [0.29, 0.717) is 12.2 Å². The average molecular weight is 330 g/mol. The maximum atomic E-state index is 12.3. The first-order chi connectivity index (χ1) is 11.6. The molecule has 0 spiro atoms. The van der Waals surface area contributed by atoms with Crippen LogP contribution in [0.1, 0.15) is 18.1 Å². The molecule has 0 atom stereocenters. The third-order valence-corrected chi connectivity index (χ3v) is 3.50. The molecule has 7 heteroatoms. The highest BCUT2D eigenvalue weighted by Crippen LogP contribution is 2.18. The number of hydrogen-bond donors (Lipinski definition) is 0. The zero-order valence-electron chi connectivity index (χ0n) is 13.1. The first kappa shape index (κ1) is 16.0. The molecule has 124 valence electrons. The Hall–Kier alpha value is -2.83. The predicted molar refractivity (Wildman–Crippen MR) is 84.8 cm³/mol. The molecule has 3 rings (SSSR count). The van der Waals surface area contributed by atoms with E-state index in [2.05, 4.69) is 27.0 Å². The van der Waals surface area contributed by atoms with Crippen LogP contribution in [0, 0.1) is 0 Å². The maximum absolute atomic E-state index is 12.3. The molecule has 24 heavy (non-hydrogen) atoms. The number of ether oxygens (including phenoxy) is 1. The quantitative estimate of drug-likeness (QED) is 0.693. The third-order valence-electron chi connectivity index (χ3n) is 3.50. The van der Waals surface area contributed by atoms with Crippen LogP contribution in [0.4, 0.5) is 8.78 Å². The number of rotatable bonds is 6. The van der Waals surface area contributed by atoms with Crippen molar-refractivity contribution in [3.8, 4) is 17.1 Å². The summed E-state index contributed by atoms with van der Waals surface area (Å²) in [5, 5.41) is 8.17. The highest BCUT2D eigenvalue weighted by molar-refractivity contribution is 5.52. The van der Waals surface area contributed by atoms with Gasteiger partial charge in [0.25, 0.3) is 0 Å². The van der Waals surface area contributed by atoms with Gasteiger partial charge >= 0.3 is 6.61 Å². The molecular formula is C17H16F2N4O. The van der Waals surface area contributed by atoms with Crippen molar-refractivity contribution >= 4 is 0 Å². The van der Waals surface area contributed by atoms with Crippen LogP contribution in [0.5, 0.6) is 5.75 Å². The molecule has 0 aliphatic heterocycles. The summed E-state index contributed by atoms with van der Waals surface area (Å²) in [6.45, 7) is -0.366. The van der Waals surface area contributed by atoms with Gasteiger partial charge in [-0.2, -0.15) is 8.78 Å². The molecule has 5 nitrogen and oxygen atoms in total. The van der Waals surface area contributed by atoms with Crippen LogP contribution in [0.3, 0.4) is 0 Å². The van der Waals surface area contributed by atoms with Crippen LogP contribution in [-0.2, 0) is 13.0 Å². The molecule has 0 unspecified atom stereocenters. The summed E-state index contributed by atoms with van der Waals surface area (Å²) in [5.41, 5.74) is 3.35. The van der Waals surface area contributed by atoms with Crippen molar-refractivity contribution < 1.29 is 13.5 Å². The fourth-order valence-corrected chi connectivity index (χ4v) is 2.29. The molecule has 1 aromatic carbocycles. The first-order valence-corrected chi connectivity index (χ1v) is 7.53. The number of aromatic nitrogens is 4. The molecule has 2 aromatic heterocycles. The normalized spacial score (nSPS) is 11.0. The van der Waals surface area contributed by atoms with Crippen LogP contribution in [0.2, 0.25) is 0 Å². The topological polar surface area (TPSA) is 52.8 Å². The van der Waals surface area contributed by atoms with Crippen LogP contribution < -0.4 is 4.74 Å². The summed E-state index contributed by atoms with van der Waals surface area (Å²) in [6.07, 6.45) is 4.52. The minimum Gasteiger partial charge on any atom is -0.435 e. The number of aryl methyl sites for hydroxylation is 1. The lowest BCUT2D eigenvalue weighted by atomic mass is 10.2. The molecule has 0 bridgehead atoms. The lowest BCUT2D eigenvalue weighted by Gasteiger charge is -2.06. The van der Waals surface area contributed by atoms with Gasteiger partial charge in [0.1, 0.15) is 11.4 Å². The van der Waals surface area contributed by atoms with E-state index in [4.69, 9.17) is 0 Å². The number of hydrogen-bond acceptors (Lipinski definition) is 4. The fourth-order valence-electron chi connectivity index (χ4n) is 2.29. The van der Waals surface area contributed by atoms with Gasteiger partial charge in [-0.3, -0.25) is 4.98 Å².